The van der Waals surface area contributed by atoms with Crippen LogP contribution in [-0.2, 0) is 10.0 Å². The van der Waals surface area contributed by atoms with Gasteiger partial charge in [0, 0.05) is 25.3 Å². The molecule has 37 heavy (non-hydrogen) atoms. The molecule has 2 heterocycles. The molecule has 2 aromatic rings. The molecule has 0 radical (unpaired) electrons. The first-order valence-corrected chi connectivity index (χ1v) is 14.6. The monoisotopic (exact) mass is 529 g/mol. The average Bonchev–Trinajstić information content (AvgIpc) is 3.63. The van der Waals surface area contributed by atoms with Gasteiger partial charge in [-0.25, -0.2) is 18.1 Å². The molecule has 4 N–H and O–H groups in total. The highest BCUT2D eigenvalue weighted by atomic mass is 32.2. The molecule has 0 unspecified atom stereocenters. The van der Waals surface area contributed by atoms with Crippen LogP contribution in [0.1, 0.15) is 69.7 Å². The quantitative estimate of drug-likeness (QED) is 0.325. The van der Waals surface area contributed by atoms with Crippen molar-refractivity contribution >= 4 is 33.3 Å². The van der Waals surface area contributed by atoms with E-state index in [1.54, 1.807) is 24.3 Å². The number of rotatable bonds is 11. The molecule has 1 aromatic carbocycles. The van der Waals surface area contributed by atoms with E-state index in [-0.39, 0.29) is 17.4 Å². The third-order valence-corrected chi connectivity index (χ3v) is 8.75. The van der Waals surface area contributed by atoms with Gasteiger partial charge in [0.2, 0.25) is 10.0 Å². The van der Waals surface area contributed by atoms with Crippen molar-refractivity contribution in [2.24, 2.45) is 5.41 Å². The van der Waals surface area contributed by atoms with Crippen LogP contribution in [0.4, 0.5) is 17.3 Å². The van der Waals surface area contributed by atoms with Crippen LogP contribution in [0.3, 0.4) is 0 Å². The summed E-state index contributed by atoms with van der Waals surface area (Å²) < 4.78 is 27.9. The number of sulfonamides is 1. The molecule has 1 aliphatic carbocycles. The number of unbranched alkanes of at least 4 members (excludes halogenated alkanes) is 1. The highest BCUT2D eigenvalue weighted by Crippen LogP contribution is 2.54. The van der Waals surface area contributed by atoms with Crippen LogP contribution in [0.25, 0.3) is 0 Å². The lowest BCUT2D eigenvalue weighted by Gasteiger charge is -2.34. The number of aromatic nitrogens is 1. The highest BCUT2D eigenvalue weighted by molar-refractivity contribution is 7.89. The zero-order chi connectivity index (χ0) is 26.7. The van der Waals surface area contributed by atoms with E-state index in [0.717, 1.165) is 38.8 Å². The Morgan fingerprint density at radius 3 is 2.51 bits per heavy atom. The molecule has 1 amide bonds. The second-order valence-corrected chi connectivity index (χ2v) is 12.7. The predicted molar refractivity (Wildman–Crippen MR) is 147 cm³/mol. The van der Waals surface area contributed by atoms with Gasteiger partial charge in [0.05, 0.1) is 22.6 Å². The van der Waals surface area contributed by atoms with E-state index in [1.807, 2.05) is 20.8 Å². The molecule has 2 fully saturated rings. The molecule has 9 nitrogen and oxygen atoms in total. The second kappa shape index (κ2) is 11.0. The standard InChI is InChI=1S/C27H39N5O4S/c1-4-5-15-28-37(35,36)21-8-6-7-20(18-21)29-25(34)22-9-10-23(31-26(2,3)19-33)30-24(22)32-16-13-27(11-12-27)14-17-32/h6-10,18,28,33H,4-5,11-17,19H2,1-3H3,(H,29,34)(H,30,31). The van der Waals surface area contributed by atoms with E-state index in [4.69, 9.17) is 4.98 Å². The van der Waals surface area contributed by atoms with Gasteiger partial charge in [-0.2, -0.15) is 0 Å². The van der Waals surface area contributed by atoms with Crippen LogP contribution >= 0.6 is 0 Å². The van der Waals surface area contributed by atoms with Crippen molar-refractivity contribution in [3.8, 4) is 0 Å². The third-order valence-electron chi connectivity index (χ3n) is 7.29. The van der Waals surface area contributed by atoms with Gasteiger partial charge in [-0.1, -0.05) is 19.4 Å². The van der Waals surface area contributed by atoms with Crippen LogP contribution in [0.2, 0.25) is 0 Å². The van der Waals surface area contributed by atoms with E-state index in [0.29, 0.717) is 34.8 Å². The number of nitrogens with zero attached hydrogens (tertiary/aromatic N) is 2. The highest BCUT2D eigenvalue weighted by Gasteiger charge is 2.45. The summed E-state index contributed by atoms with van der Waals surface area (Å²) in [5.74, 6) is 0.830. The molecule has 10 heteroatoms. The summed E-state index contributed by atoms with van der Waals surface area (Å²) in [6, 6.07) is 9.75. The molecule has 1 saturated carbocycles. The summed E-state index contributed by atoms with van der Waals surface area (Å²) >= 11 is 0. The van der Waals surface area contributed by atoms with E-state index in [1.165, 1.54) is 25.0 Å². The van der Waals surface area contributed by atoms with Gasteiger partial charge in [-0.15, -0.1) is 0 Å². The number of aliphatic hydroxyl groups excluding tert-OH is 1. The van der Waals surface area contributed by atoms with Gasteiger partial charge < -0.3 is 20.6 Å². The lowest BCUT2D eigenvalue weighted by Crippen LogP contribution is -2.38. The van der Waals surface area contributed by atoms with Gasteiger partial charge in [0.1, 0.15) is 11.6 Å². The van der Waals surface area contributed by atoms with Crippen molar-refractivity contribution in [2.45, 2.75) is 69.7 Å². The molecule has 202 valence electrons. The van der Waals surface area contributed by atoms with Gasteiger partial charge >= 0.3 is 0 Å². The molecule has 0 atom stereocenters. The van der Waals surface area contributed by atoms with Crippen molar-refractivity contribution in [2.75, 3.05) is 41.8 Å². The van der Waals surface area contributed by atoms with Gasteiger partial charge in [0.15, 0.2) is 0 Å². The second-order valence-electron chi connectivity index (χ2n) is 11.0. The maximum atomic E-state index is 13.4. The number of benzene rings is 1. The molecule has 1 saturated heterocycles. The largest absolute Gasteiger partial charge is 0.394 e. The SMILES string of the molecule is CCCCNS(=O)(=O)c1cccc(NC(=O)c2ccc(NC(C)(C)CO)nc2N2CCC3(CC2)CC3)c1. The number of anilines is 3. The Balaban J connectivity index is 1.57. The van der Waals surface area contributed by atoms with Crippen LogP contribution in [-0.4, -0.2) is 56.2 Å². The predicted octanol–water partition coefficient (Wildman–Crippen LogP) is 3.98. The number of aliphatic hydroxyl groups is 1. The lowest BCUT2D eigenvalue weighted by atomic mass is 9.93. The van der Waals surface area contributed by atoms with Gasteiger partial charge in [-0.3, -0.25) is 4.79 Å². The fourth-order valence-corrected chi connectivity index (χ4v) is 5.72. The average molecular weight is 530 g/mol. The summed E-state index contributed by atoms with van der Waals surface area (Å²) in [7, 11) is -3.66. The number of hydrogen-bond donors (Lipinski definition) is 4. The summed E-state index contributed by atoms with van der Waals surface area (Å²) in [6.45, 7) is 7.72. The Labute approximate surface area is 220 Å². The van der Waals surface area contributed by atoms with Crippen molar-refractivity contribution < 1.29 is 18.3 Å². The van der Waals surface area contributed by atoms with E-state index >= 15 is 0 Å². The van der Waals surface area contributed by atoms with Crippen LogP contribution in [0, 0.1) is 5.41 Å². The number of carbonyl (C=O) groups excluding carboxylic acids is 1. The Kier molecular flexibility index (Phi) is 8.11. The smallest absolute Gasteiger partial charge is 0.259 e. The van der Waals surface area contributed by atoms with E-state index in [9.17, 15) is 18.3 Å². The molecule has 1 aliphatic heterocycles. The Morgan fingerprint density at radius 2 is 1.86 bits per heavy atom. The van der Waals surface area contributed by atoms with Gasteiger partial charge in [-0.05, 0) is 81.7 Å². The number of piperidine rings is 1. The molecule has 2 aliphatic rings. The molecule has 1 aromatic heterocycles. The minimum absolute atomic E-state index is 0.0644. The maximum Gasteiger partial charge on any atom is 0.259 e. The van der Waals surface area contributed by atoms with Crippen molar-refractivity contribution in [1.29, 1.82) is 0 Å². The normalized spacial score (nSPS) is 17.0. The van der Waals surface area contributed by atoms with E-state index < -0.39 is 15.6 Å². The van der Waals surface area contributed by atoms with Crippen molar-refractivity contribution in [3.63, 3.8) is 0 Å². The molecular weight excluding hydrogens is 490 g/mol. The number of nitrogens with one attached hydrogen (secondary N) is 3. The zero-order valence-electron chi connectivity index (χ0n) is 22.0. The van der Waals surface area contributed by atoms with E-state index in [2.05, 4.69) is 20.3 Å². The Morgan fingerprint density at radius 1 is 1.14 bits per heavy atom. The minimum atomic E-state index is -3.66. The molecular formula is C27H39N5O4S. The molecule has 1 spiro atoms. The first-order valence-electron chi connectivity index (χ1n) is 13.1. The fraction of sp³-hybridized carbons (Fsp3) is 0.556. The Hall–Kier alpha value is -2.69. The summed E-state index contributed by atoms with van der Waals surface area (Å²) in [5, 5.41) is 15.8. The number of carbonyl (C=O) groups is 1. The zero-order valence-corrected chi connectivity index (χ0v) is 22.8. The Bertz CT molecular complexity index is 1220. The topological polar surface area (TPSA) is 124 Å². The number of pyridine rings is 1. The first-order chi connectivity index (χ1) is 17.6. The van der Waals surface area contributed by atoms with Gasteiger partial charge in [0.25, 0.3) is 5.91 Å². The number of hydrogen-bond acceptors (Lipinski definition) is 7. The van der Waals surface area contributed by atoms with Crippen molar-refractivity contribution in [3.05, 3.63) is 42.0 Å². The van der Waals surface area contributed by atoms with Crippen LogP contribution < -0.4 is 20.3 Å². The third kappa shape index (κ3) is 6.80. The molecule has 0 bridgehead atoms. The first kappa shape index (κ1) is 27.3. The summed E-state index contributed by atoms with van der Waals surface area (Å²) in [4.78, 5) is 20.5. The maximum absolute atomic E-state index is 13.4. The van der Waals surface area contributed by atoms with Crippen LogP contribution in [0.5, 0.6) is 0 Å². The number of amides is 1. The van der Waals surface area contributed by atoms with Crippen molar-refractivity contribution in [1.82, 2.24) is 9.71 Å². The molecule has 4 rings (SSSR count). The fourth-order valence-electron chi connectivity index (χ4n) is 4.60. The lowest BCUT2D eigenvalue weighted by molar-refractivity contribution is 0.102. The summed E-state index contributed by atoms with van der Waals surface area (Å²) in [5.41, 5.74) is 0.734. The van der Waals surface area contributed by atoms with Crippen LogP contribution in [0.15, 0.2) is 41.3 Å². The summed E-state index contributed by atoms with van der Waals surface area (Å²) in [6.07, 6.45) is 6.37. The minimum Gasteiger partial charge on any atom is -0.394 e.